The monoisotopic (exact) mass is 464 g/mol. The quantitative estimate of drug-likeness (QED) is 0.250. The van der Waals surface area contributed by atoms with Gasteiger partial charge in [-0.05, 0) is 72.9 Å². The van der Waals surface area contributed by atoms with E-state index in [9.17, 15) is 18.4 Å². The number of rotatable bonds is 6. The van der Waals surface area contributed by atoms with E-state index < -0.39 is 17.7 Å². The first-order chi connectivity index (χ1) is 16.2. The van der Waals surface area contributed by atoms with Crippen molar-refractivity contribution in [3.05, 3.63) is 88.6 Å². The first kappa shape index (κ1) is 23.0. The summed E-state index contributed by atoms with van der Waals surface area (Å²) in [6.45, 7) is 4.19. The topological polar surface area (TPSA) is 91.4 Å². The van der Waals surface area contributed by atoms with E-state index in [1.54, 1.807) is 30.3 Å². The summed E-state index contributed by atoms with van der Waals surface area (Å²) in [5.74, 6) is -1.75. The van der Waals surface area contributed by atoms with Gasteiger partial charge in [0.1, 0.15) is 5.82 Å². The fourth-order valence-corrected chi connectivity index (χ4v) is 4.03. The number of aromatic amines is 1. The van der Waals surface area contributed by atoms with Crippen LogP contribution in [0.15, 0.2) is 54.6 Å². The molecule has 0 aliphatic heterocycles. The fraction of sp³-hybridized carbons (Fsp3) is 0.154. The lowest BCUT2D eigenvalue weighted by molar-refractivity contribution is 0.0954. The van der Waals surface area contributed by atoms with Crippen molar-refractivity contribution in [1.82, 2.24) is 10.3 Å². The molecule has 3 N–H and O–H groups in total. The molecule has 0 aliphatic carbocycles. The molecule has 174 valence electrons. The molecule has 1 amide bonds. The highest BCUT2D eigenvalue weighted by Gasteiger charge is 2.15. The molecule has 0 radical (unpaired) electrons. The van der Waals surface area contributed by atoms with Crippen LogP contribution in [0.5, 0.6) is 5.75 Å². The fourth-order valence-electron chi connectivity index (χ4n) is 4.03. The summed E-state index contributed by atoms with van der Waals surface area (Å²) in [6.07, 6.45) is -1.06. The first-order valence-corrected chi connectivity index (χ1v) is 10.6. The van der Waals surface area contributed by atoms with E-state index in [4.69, 9.17) is 5.11 Å². The Bertz CT molecular complexity index is 1390. The lowest BCUT2D eigenvalue weighted by Crippen LogP contribution is -2.25. The molecule has 4 aromatic rings. The van der Waals surface area contributed by atoms with Crippen molar-refractivity contribution in [3.63, 3.8) is 0 Å². The summed E-state index contributed by atoms with van der Waals surface area (Å²) in [6, 6.07) is 13.7. The Kier molecular flexibility index (Phi) is 6.32. The second kappa shape index (κ2) is 9.35. The Morgan fingerprint density at radius 3 is 2.35 bits per heavy atom. The Hall–Kier alpha value is -4.20. The van der Waals surface area contributed by atoms with Crippen molar-refractivity contribution in [2.75, 3.05) is 6.54 Å². The third-order valence-electron chi connectivity index (χ3n) is 5.70. The Labute approximate surface area is 194 Å². The Balaban J connectivity index is 1.44. The van der Waals surface area contributed by atoms with Gasteiger partial charge in [-0.15, -0.1) is 0 Å². The lowest BCUT2D eigenvalue weighted by atomic mass is 10.0. The highest BCUT2D eigenvalue weighted by atomic mass is 19.1. The molecule has 0 unspecified atom stereocenters. The average molecular weight is 464 g/mol. The highest BCUT2D eigenvalue weighted by Crippen LogP contribution is 2.28. The van der Waals surface area contributed by atoms with Crippen molar-refractivity contribution < 1.29 is 28.2 Å². The number of carboxylic acid groups (broad SMARTS) is 1. The number of benzene rings is 3. The maximum Gasteiger partial charge on any atom is 0.511 e. The third kappa shape index (κ3) is 4.61. The van der Waals surface area contributed by atoms with Crippen molar-refractivity contribution in [3.8, 4) is 16.9 Å². The van der Waals surface area contributed by atoms with Crippen LogP contribution in [0.4, 0.5) is 13.6 Å². The van der Waals surface area contributed by atoms with Crippen LogP contribution in [0.3, 0.4) is 0 Å². The minimum atomic E-state index is -1.61. The standard InChI is InChI=1S/C26H22F2N2O4/c1-14-3-9-21(28)24-23(14)19(15(2)30-24)11-12-29-25(31)17-6-4-16(5-7-17)18-8-10-20(27)22(13-18)34-26(32)33/h3-10,13,30H,11-12H2,1-2H3,(H,29,31)(H,32,33). The summed E-state index contributed by atoms with van der Waals surface area (Å²) in [5, 5.41) is 12.5. The van der Waals surface area contributed by atoms with Crippen LogP contribution >= 0.6 is 0 Å². The molecular weight excluding hydrogens is 442 g/mol. The normalized spacial score (nSPS) is 10.9. The van der Waals surface area contributed by atoms with Crippen molar-refractivity contribution >= 4 is 23.0 Å². The number of hydrogen-bond acceptors (Lipinski definition) is 3. The van der Waals surface area contributed by atoms with Gasteiger partial charge in [0.15, 0.2) is 11.6 Å². The zero-order valence-corrected chi connectivity index (χ0v) is 18.5. The van der Waals surface area contributed by atoms with E-state index in [2.05, 4.69) is 15.0 Å². The van der Waals surface area contributed by atoms with Gasteiger partial charge in [0.2, 0.25) is 0 Å². The minimum absolute atomic E-state index is 0.263. The number of ether oxygens (including phenoxy) is 1. The van der Waals surface area contributed by atoms with Crippen LogP contribution in [0, 0.1) is 25.5 Å². The third-order valence-corrected chi connectivity index (χ3v) is 5.70. The Morgan fingerprint density at radius 2 is 1.65 bits per heavy atom. The molecule has 8 heteroatoms. The van der Waals surface area contributed by atoms with Gasteiger partial charge >= 0.3 is 6.16 Å². The van der Waals surface area contributed by atoms with Gasteiger partial charge in [-0.3, -0.25) is 4.79 Å². The number of amides is 1. The molecule has 0 spiro atoms. The van der Waals surface area contributed by atoms with Gasteiger partial charge in [0, 0.05) is 23.2 Å². The van der Waals surface area contributed by atoms with Gasteiger partial charge in [0.25, 0.3) is 5.91 Å². The molecule has 0 aliphatic rings. The molecule has 3 aromatic carbocycles. The zero-order chi connectivity index (χ0) is 24.4. The molecule has 1 heterocycles. The Morgan fingerprint density at radius 1 is 0.971 bits per heavy atom. The summed E-state index contributed by atoms with van der Waals surface area (Å²) in [7, 11) is 0. The smallest absolute Gasteiger partial charge is 0.449 e. The molecule has 0 fully saturated rings. The van der Waals surface area contributed by atoms with E-state index in [-0.39, 0.29) is 11.7 Å². The predicted octanol–water partition coefficient (Wildman–Crippen LogP) is 5.76. The number of fused-ring (bicyclic) bond motifs is 1. The molecular formula is C26H22F2N2O4. The second-order valence-electron chi connectivity index (χ2n) is 7.94. The zero-order valence-electron chi connectivity index (χ0n) is 18.5. The number of aromatic nitrogens is 1. The van der Waals surface area contributed by atoms with E-state index in [0.29, 0.717) is 35.2 Å². The van der Waals surface area contributed by atoms with Crippen molar-refractivity contribution in [2.45, 2.75) is 20.3 Å². The van der Waals surface area contributed by atoms with Crippen LogP contribution < -0.4 is 10.1 Å². The van der Waals surface area contributed by atoms with Gasteiger partial charge in [-0.2, -0.15) is 0 Å². The minimum Gasteiger partial charge on any atom is -0.449 e. The van der Waals surface area contributed by atoms with Crippen LogP contribution in [-0.4, -0.2) is 28.7 Å². The summed E-state index contributed by atoms with van der Waals surface area (Å²) in [5.41, 5.74) is 4.93. The number of nitrogens with one attached hydrogen (secondary N) is 2. The van der Waals surface area contributed by atoms with E-state index in [1.165, 1.54) is 18.2 Å². The maximum atomic E-state index is 14.1. The van der Waals surface area contributed by atoms with Gasteiger partial charge in [-0.1, -0.05) is 24.3 Å². The van der Waals surface area contributed by atoms with E-state index in [1.807, 2.05) is 13.8 Å². The van der Waals surface area contributed by atoms with Crippen LogP contribution in [0.2, 0.25) is 0 Å². The highest BCUT2D eigenvalue weighted by molar-refractivity contribution is 5.95. The molecule has 0 saturated heterocycles. The number of carbonyl (C=O) groups is 2. The number of aryl methyl sites for hydroxylation is 2. The van der Waals surface area contributed by atoms with Crippen LogP contribution in [0.1, 0.15) is 27.2 Å². The van der Waals surface area contributed by atoms with Crippen molar-refractivity contribution in [2.24, 2.45) is 0 Å². The SMILES string of the molecule is Cc1[nH]c2c(F)ccc(C)c2c1CCNC(=O)c1ccc(-c2ccc(F)c(OC(=O)O)c2)cc1. The van der Waals surface area contributed by atoms with Gasteiger partial charge in [-0.25, -0.2) is 13.6 Å². The molecule has 1 aromatic heterocycles. The maximum absolute atomic E-state index is 14.1. The summed E-state index contributed by atoms with van der Waals surface area (Å²) < 4.78 is 32.3. The molecule has 6 nitrogen and oxygen atoms in total. The number of hydrogen-bond donors (Lipinski definition) is 3. The molecule has 34 heavy (non-hydrogen) atoms. The molecule has 0 atom stereocenters. The number of carbonyl (C=O) groups excluding carboxylic acids is 1. The molecule has 4 rings (SSSR count). The second-order valence-corrected chi connectivity index (χ2v) is 7.94. The number of H-pyrrole nitrogens is 1. The number of halogens is 2. The molecule has 0 saturated carbocycles. The lowest BCUT2D eigenvalue weighted by Gasteiger charge is -2.09. The summed E-state index contributed by atoms with van der Waals surface area (Å²) in [4.78, 5) is 26.4. The van der Waals surface area contributed by atoms with Crippen LogP contribution in [0.25, 0.3) is 22.0 Å². The van der Waals surface area contributed by atoms with Gasteiger partial charge < -0.3 is 20.1 Å². The predicted molar refractivity (Wildman–Crippen MR) is 124 cm³/mol. The molecule has 0 bridgehead atoms. The first-order valence-electron chi connectivity index (χ1n) is 10.6. The largest absolute Gasteiger partial charge is 0.511 e. The average Bonchev–Trinajstić information content (AvgIpc) is 3.15. The van der Waals surface area contributed by atoms with Gasteiger partial charge in [0.05, 0.1) is 5.52 Å². The van der Waals surface area contributed by atoms with Crippen LogP contribution in [-0.2, 0) is 6.42 Å². The summed E-state index contributed by atoms with van der Waals surface area (Å²) >= 11 is 0. The van der Waals surface area contributed by atoms with E-state index >= 15 is 0 Å². The van der Waals surface area contributed by atoms with E-state index in [0.717, 1.165) is 28.3 Å². The van der Waals surface area contributed by atoms with Crippen molar-refractivity contribution in [1.29, 1.82) is 0 Å².